The summed E-state index contributed by atoms with van der Waals surface area (Å²) < 4.78 is 27.0. The van der Waals surface area contributed by atoms with E-state index in [1.165, 1.54) is 0 Å². The van der Waals surface area contributed by atoms with Crippen LogP contribution in [0, 0.1) is 13.8 Å². The maximum Gasteiger partial charge on any atom is 0.233 e. The molecule has 0 saturated carbocycles. The van der Waals surface area contributed by atoms with Crippen LogP contribution in [-0.2, 0) is 10.0 Å². The molecule has 0 amide bonds. The van der Waals surface area contributed by atoms with Crippen molar-refractivity contribution in [3.63, 3.8) is 0 Å². The van der Waals surface area contributed by atoms with Crippen LogP contribution in [0.2, 0.25) is 5.02 Å². The normalized spacial score (nSPS) is 11.8. The lowest BCUT2D eigenvalue weighted by Gasteiger charge is -2.15. The fourth-order valence-electron chi connectivity index (χ4n) is 2.32. The smallest absolute Gasteiger partial charge is 0.233 e. The Morgan fingerprint density at radius 2 is 1.64 bits per heavy atom. The Hall–Kier alpha value is -1.21. The van der Waals surface area contributed by atoms with Crippen LogP contribution in [0.3, 0.4) is 0 Å². The molecule has 136 valence electrons. The molecule has 0 bridgehead atoms. The van der Waals surface area contributed by atoms with E-state index in [9.17, 15) is 8.42 Å². The number of rotatable bonds is 7. The highest BCUT2D eigenvalue weighted by Gasteiger charge is 2.13. The van der Waals surface area contributed by atoms with Crippen LogP contribution in [0.25, 0.3) is 0 Å². The highest BCUT2D eigenvalue weighted by atomic mass is 35.5. The Balaban J connectivity index is 2.17. The van der Waals surface area contributed by atoms with Gasteiger partial charge < -0.3 is 4.90 Å². The average Bonchev–Trinajstić information content (AvgIpc) is 2.50. The Bertz CT molecular complexity index is 812. The number of halogens is 1. The second kappa shape index (κ2) is 8.45. The SMILES string of the molecule is Cc1cc(NS(=O)(=O)CCN(C)C)cc(C)c1Sc1ccc(Cl)cc1. The van der Waals surface area contributed by atoms with Crippen LogP contribution in [-0.4, -0.2) is 39.7 Å². The Morgan fingerprint density at radius 3 is 2.16 bits per heavy atom. The van der Waals surface area contributed by atoms with Gasteiger partial charge in [-0.2, -0.15) is 0 Å². The standard InChI is InChI=1S/C18H23ClN2O2S2/c1-13-11-16(20-25(22,23)10-9-21(3)4)12-14(2)18(13)24-17-7-5-15(19)6-8-17/h5-8,11-12,20H,9-10H2,1-4H3. The first-order valence-electron chi connectivity index (χ1n) is 7.86. The van der Waals surface area contributed by atoms with Crippen molar-refractivity contribution in [1.29, 1.82) is 0 Å². The van der Waals surface area contributed by atoms with Crippen LogP contribution in [0.15, 0.2) is 46.2 Å². The van der Waals surface area contributed by atoms with Crippen molar-refractivity contribution < 1.29 is 8.42 Å². The number of aryl methyl sites for hydroxylation is 2. The number of nitrogens with zero attached hydrogens (tertiary/aromatic N) is 1. The minimum Gasteiger partial charge on any atom is -0.308 e. The van der Waals surface area contributed by atoms with E-state index < -0.39 is 10.0 Å². The fourth-order valence-corrected chi connectivity index (χ4v) is 4.58. The van der Waals surface area contributed by atoms with Crippen molar-refractivity contribution in [2.24, 2.45) is 0 Å². The number of sulfonamides is 1. The van der Waals surface area contributed by atoms with Gasteiger partial charge in [-0.1, -0.05) is 23.4 Å². The average molecular weight is 399 g/mol. The van der Waals surface area contributed by atoms with Gasteiger partial charge in [0.15, 0.2) is 0 Å². The van der Waals surface area contributed by atoms with E-state index in [0.717, 1.165) is 20.9 Å². The summed E-state index contributed by atoms with van der Waals surface area (Å²) in [6.07, 6.45) is 0. The van der Waals surface area contributed by atoms with Gasteiger partial charge in [-0.25, -0.2) is 8.42 Å². The third kappa shape index (κ3) is 6.22. The van der Waals surface area contributed by atoms with E-state index in [4.69, 9.17) is 11.6 Å². The molecular formula is C18H23ClN2O2S2. The molecule has 0 aliphatic carbocycles. The third-order valence-corrected chi connectivity index (χ3v) is 6.45. The Kier molecular flexibility index (Phi) is 6.79. The zero-order valence-electron chi connectivity index (χ0n) is 14.8. The number of hydrogen-bond donors (Lipinski definition) is 1. The first-order valence-corrected chi connectivity index (χ1v) is 10.7. The van der Waals surface area contributed by atoms with Gasteiger partial charge >= 0.3 is 0 Å². The zero-order chi connectivity index (χ0) is 18.6. The van der Waals surface area contributed by atoms with E-state index >= 15 is 0 Å². The quantitative estimate of drug-likeness (QED) is 0.750. The van der Waals surface area contributed by atoms with Crippen LogP contribution in [0.5, 0.6) is 0 Å². The van der Waals surface area contributed by atoms with Crippen molar-refractivity contribution in [2.45, 2.75) is 23.6 Å². The van der Waals surface area contributed by atoms with Gasteiger partial charge in [0.1, 0.15) is 0 Å². The molecule has 0 aliphatic rings. The molecule has 7 heteroatoms. The molecule has 4 nitrogen and oxygen atoms in total. The minimum atomic E-state index is -3.35. The summed E-state index contributed by atoms with van der Waals surface area (Å²) in [4.78, 5) is 4.06. The summed E-state index contributed by atoms with van der Waals surface area (Å²) in [5.74, 6) is 0.0688. The molecule has 1 N–H and O–H groups in total. The second-order valence-electron chi connectivity index (χ2n) is 6.22. The topological polar surface area (TPSA) is 49.4 Å². The van der Waals surface area contributed by atoms with Crippen LogP contribution >= 0.6 is 23.4 Å². The zero-order valence-corrected chi connectivity index (χ0v) is 17.2. The molecule has 2 aromatic carbocycles. The molecule has 0 heterocycles. The molecule has 2 rings (SSSR count). The summed E-state index contributed by atoms with van der Waals surface area (Å²) in [5.41, 5.74) is 2.67. The molecular weight excluding hydrogens is 376 g/mol. The van der Waals surface area contributed by atoms with Gasteiger partial charge in [0, 0.05) is 27.0 Å². The number of hydrogen-bond acceptors (Lipinski definition) is 4. The van der Waals surface area contributed by atoms with E-state index in [2.05, 4.69) is 4.72 Å². The minimum absolute atomic E-state index is 0.0688. The monoisotopic (exact) mass is 398 g/mol. The summed E-state index contributed by atoms with van der Waals surface area (Å²) in [6.45, 7) is 4.46. The van der Waals surface area contributed by atoms with Crippen molar-refractivity contribution in [3.8, 4) is 0 Å². The fraction of sp³-hybridized carbons (Fsp3) is 0.333. The lowest BCUT2D eigenvalue weighted by Crippen LogP contribution is -2.26. The van der Waals surface area contributed by atoms with Crippen molar-refractivity contribution in [3.05, 3.63) is 52.5 Å². The highest BCUT2D eigenvalue weighted by molar-refractivity contribution is 7.99. The van der Waals surface area contributed by atoms with Crippen LogP contribution in [0.1, 0.15) is 11.1 Å². The van der Waals surface area contributed by atoms with Gasteiger partial charge in [-0.15, -0.1) is 0 Å². The molecule has 0 aromatic heterocycles. The van der Waals surface area contributed by atoms with E-state index in [1.807, 2.05) is 69.2 Å². The van der Waals surface area contributed by atoms with Gasteiger partial charge in [0.25, 0.3) is 0 Å². The van der Waals surface area contributed by atoms with Crippen LogP contribution in [0.4, 0.5) is 5.69 Å². The molecule has 0 radical (unpaired) electrons. The number of anilines is 1. The summed E-state index contributed by atoms with van der Waals surface area (Å²) in [5, 5.41) is 0.709. The Labute approximate surface area is 159 Å². The molecule has 0 spiro atoms. The molecule has 0 saturated heterocycles. The van der Waals surface area contributed by atoms with Crippen molar-refractivity contribution in [1.82, 2.24) is 4.90 Å². The maximum absolute atomic E-state index is 12.2. The van der Waals surface area contributed by atoms with Crippen molar-refractivity contribution >= 4 is 39.1 Å². The number of benzene rings is 2. The molecule has 0 atom stereocenters. The predicted octanol–water partition coefficient (Wildman–Crippen LogP) is 4.41. The van der Waals surface area contributed by atoms with E-state index in [1.54, 1.807) is 11.8 Å². The number of nitrogens with one attached hydrogen (secondary N) is 1. The molecule has 2 aromatic rings. The van der Waals surface area contributed by atoms with E-state index in [0.29, 0.717) is 17.3 Å². The highest BCUT2D eigenvalue weighted by Crippen LogP contribution is 2.35. The molecule has 0 aliphatic heterocycles. The summed E-state index contributed by atoms with van der Waals surface area (Å²) >= 11 is 7.58. The van der Waals surface area contributed by atoms with Gasteiger partial charge in [-0.3, -0.25) is 4.72 Å². The summed E-state index contributed by atoms with van der Waals surface area (Å²) in [6, 6.07) is 11.4. The molecule has 0 unspecified atom stereocenters. The molecule has 25 heavy (non-hydrogen) atoms. The van der Waals surface area contributed by atoms with E-state index in [-0.39, 0.29) is 5.75 Å². The molecule has 0 fully saturated rings. The first-order chi connectivity index (χ1) is 11.7. The Morgan fingerprint density at radius 1 is 1.08 bits per heavy atom. The van der Waals surface area contributed by atoms with Crippen LogP contribution < -0.4 is 4.72 Å². The maximum atomic E-state index is 12.2. The largest absolute Gasteiger partial charge is 0.308 e. The lowest BCUT2D eigenvalue weighted by atomic mass is 10.1. The van der Waals surface area contributed by atoms with Gasteiger partial charge in [0.2, 0.25) is 10.0 Å². The third-order valence-electron chi connectivity index (χ3n) is 3.57. The lowest BCUT2D eigenvalue weighted by molar-refractivity contribution is 0.432. The summed E-state index contributed by atoms with van der Waals surface area (Å²) in [7, 11) is 0.355. The van der Waals surface area contributed by atoms with Crippen molar-refractivity contribution in [2.75, 3.05) is 31.1 Å². The predicted molar refractivity (Wildman–Crippen MR) is 107 cm³/mol. The van der Waals surface area contributed by atoms with Gasteiger partial charge in [0.05, 0.1) is 5.75 Å². The first kappa shape index (κ1) is 20.1. The second-order valence-corrected chi connectivity index (χ2v) is 9.58. The van der Waals surface area contributed by atoms with Gasteiger partial charge in [-0.05, 0) is 75.5 Å².